The summed E-state index contributed by atoms with van der Waals surface area (Å²) in [5.41, 5.74) is -0.282. The first-order valence-electron chi connectivity index (χ1n) is 8.83. The Bertz CT molecular complexity index is 1190. The maximum atomic E-state index is 12.7. The van der Waals surface area contributed by atoms with E-state index >= 15 is 0 Å². The lowest BCUT2D eigenvalue weighted by atomic mass is 9.93. The molecular formula is C16H12F6N6O3. The zero-order valence-corrected chi connectivity index (χ0v) is 15.3. The molecule has 1 aliphatic heterocycles. The first-order chi connectivity index (χ1) is 14.4. The second kappa shape index (κ2) is 7.09. The molecule has 4 heterocycles. The van der Waals surface area contributed by atoms with Crippen LogP contribution < -0.4 is 5.56 Å². The number of piperidine rings is 1. The van der Waals surface area contributed by atoms with Crippen LogP contribution in [0.1, 0.15) is 30.3 Å². The van der Waals surface area contributed by atoms with Gasteiger partial charge >= 0.3 is 24.2 Å². The number of halogens is 6. The number of aromatic nitrogens is 5. The predicted octanol–water partition coefficient (Wildman–Crippen LogP) is 2.36. The molecule has 1 aliphatic rings. The number of carbonyl (C=O) groups is 1. The van der Waals surface area contributed by atoms with Gasteiger partial charge in [0.05, 0.1) is 17.5 Å². The molecule has 1 fully saturated rings. The lowest BCUT2D eigenvalue weighted by Gasteiger charge is -2.32. The predicted molar refractivity (Wildman–Crippen MR) is 88.7 cm³/mol. The second-order valence-corrected chi connectivity index (χ2v) is 6.86. The van der Waals surface area contributed by atoms with Crippen LogP contribution in [0.2, 0.25) is 0 Å². The molecule has 4 rings (SSSR count). The van der Waals surface area contributed by atoms with Crippen molar-refractivity contribution < 1.29 is 35.7 Å². The van der Waals surface area contributed by atoms with Crippen LogP contribution in [0.15, 0.2) is 21.6 Å². The highest BCUT2D eigenvalue weighted by Gasteiger charge is 2.43. The molecule has 0 spiro atoms. The molecule has 0 atom stereocenters. The molecule has 1 saturated heterocycles. The van der Waals surface area contributed by atoms with Gasteiger partial charge in [0, 0.05) is 25.1 Å². The van der Waals surface area contributed by atoms with Gasteiger partial charge in [0.25, 0.3) is 5.56 Å². The molecule has 9 nitrogen and oxygen atoms in total. The molecular weight excluding hydrogens is 438 g/mol. The van der Waals surface area contributed by atoms with E-state index in [1.165, 1.54) is 10.6 Å². The average Bonchev–Trinajstić information content (AvgIpc) is 3.33. The highest BCUT2D eigenvalue weighted by atomic mass is 19.4. The van der Waals surface area contributed by atoms with Gasteiger partial charge in [0.2, 0.25) is 5.82 Å². The minimum absolute atomic E-state index is 0.00539. The molecule has 166 valence electrons. The minimum atomic E-state index is -4.97. The van der Waals surface area contributed by atoms with Crippen LogP contribution in [0.5, 0.6) is 0 Å². The molecule has 15 heteroatoms. The Morgan fingerprint density at radius 3 is 2.42 bits per heavy atom. The number of alkyl halides is 6. The van der Waals surface area contributed by atoms with Crippen molar-refractivity contribution >= 4 is 11.6 Å². The van der Waals surface area contributed by atoms with Gasteiger partial charge in [-0.1, -0.05) is 5.16 Å². The molecule has 3 aromatic heterocycles. The van der Waals surface area contributed by atoms with Crippen molar-refractivity contribution in [3.63, 3.8) is 0 Å². The van der Waals surface area contributed by atoms with Crippen molar-refractivity contribution in [2.75, 3.05) is 13.1 Å². The third kappa shape index (κ3) is 3.86. The van der Waals surface area contributed by atoms with Crippen LogP contribution in [0.3, 0.4) is 0 Å². The molecule has 0 saturated carbocycles. The Labute approximate surface area is 167 Å². The lowest BCUT2D eigenvalue weighted by Crippen LogP contribution is -2.45. The largest absolute Gasteiger partial charge is 0.471 e. The third-order valence-electron chi connectivity index (χ3n) is 4.89. The van der Waals surface area contributed by atoms with Crippen LogP contribution >= 0.6 is 0 Å². The lowest BCUT2D eigenvalue weighted by molar-refractivity contribution is -0.186. The van der Waals surface area contributed by atoms with Gasteiger partial charge in [-0.05, 0) is 12.8 Å². The van der Waals surface area contributed by atoms with Gasteiger partial charge in [-0.3, -0.25) is 9.59 Å². The molecule has 1 N–H and O–H groups in total. The Kier molecular flexibility index (Phi) is 4.77. The quantitative estimate of drug-likeness (QED) is 0.601. The molecule has 31 heavy (non-hydrogen) atoms. The number of nitrogens with one attached hydrogen (secondary N) is 1. The summed E-state index contributed by atoms with van der Waals surface area (Å²) in [4.78, 5) is 29.9. The maximum Gasteiger partial charge on any atom is 0.471 e. The zero-order chi connectivity index (χ0) is 22.6. The van der Waals surface area contributed by atoms with Crippen LogP contribution in [0.4, 0.5) is 26.3 Å². The highest BCUT2D eigenvalue weighted by molar-refractivity contribution is 5.82. The number of rotatable bonds is 2. The van der Waals surface area contributed by atoms with E-state index in [2.05, 4.69) is 24.7 Å². The molecule has 0 radical (unpaired) electrons. The Hall–Kier alpha value is -3.39. The van der Waals surface area contributed by atoms with Crippen LogP contribution in [-0.2, 0) is 11.0 Å². The number of H-pyrrole nitrogens is 1. The Morgan fingerprint density at radius 2 is 1.84 bits per heavy atom. The summed E-state index contributed by atoms with van der Waals surface area (Å²) in [6.07, 6.45) is -8.41. The topological polar surface area (TPSA) is 109 Å². The van der Waals surface area contributed by atoms with Crippen molar-refractivity contribution in [2.45, 2.75) is 31.1 Å². The summed E-state index contributed by atoms with van der Waals surface area (Å²) in [5, 5.41) is 7.33. The summed E-state index contributed by atoms with van der Waals surface area (Å²) in [6, 6.07) is 1.20. The number of likely N-dealkylation sites (tertiary alicyclic amines) is 1. The van der Waals surface area contributed by atoms with E-state index in [-0.39, 0.29) is 37.1 Å². The number of carbonyl (C=O) groups excluding carboxylic acids is 1. The SMILES string of the molecule is O=C(N1CCC(c2cc(=O)[nH]c3c(-c4noc(C(F)(F)F)n4)cnn23)CC1)C(F)(F)F. The number of aromatic amines is 1. The van der Waals surface area contributed by atoms with Gasteiger partial charge < -0.3 is 14.4 Å². The summed E-state index contributed by atoms with van der Waals surface area (Å²) in [6.45, 7) is -0.351. The molecule has 0 bridgehead atoms. The second-order valence-electron chi connectivity index (χ2n) is 6.86. The van der Waals surface area contributed by atoms with Gasteiger partial charge in [-0.15, -0.1) is 0 Å². The van der Waals surface area contributed by atoms with Crippen molar-refractivity contribution in [1.82, 2.24) is 29.6 Å². The van der Waals surface area contributed by atoms with Gasteiger partial charge in [0.15, 0.2) is 0 Å². The number of amides is 1. The molecule has 3 aromatic rings. The van der Waals surface area contributed by atoms with Crippen molar-refractivity contribution in [2.24, 2.45) is 0 Å². The van der Waals surface area contributed by atoms with Crippen LogP contribution in [0, 0.1) is 0 Å². The standard InChI is InChI=1S/C16H12F6N6O3/c17-15(18,19)13-25-11(26-31-13)8-6-23-28-9(5-10(29)24-12(8)28)7-1-3-27(4-2-7)14(30)16(20,21)22/h5-7H,1-4H2,(H,24,29). The zero-order valence-electron chi connectivity index (χ0n) is 15.3. The molecule has 1 amide bonds. The average molecular weight is 450 g/mol. The van der Waals surface area contributed by atoms with E-state index in [1.54, 1.807) is 0 Å². The first kappa shape index (κ1) is 20.9. The normalized spacial score (nSPS) is 16.3. The third-order valence-corrected chi connectivity index (χ3v) is 4.89. The Morgan fingerprint density at radius 1 is 1.16 bits per heavy atom. The maximum absolute atomic E-state index is 12.7. The van der Waals surface area contributed by atoms with E-state index in [1.807, 2.05) is 0 Å². The number of nitrogens with zero attached hydrogens (tertiary/aromatic N) is 5. The summed E-state index contributed by atoms with van der Waals surface area (Å²) in [5.74, 6) is -4.35. The summed E-state index contributed by atoms with van der Waals surface area (Å²) in [7, 11) is 0. The van der Waals surface area contributed by atoms with Gasteiger partial charge in [0.1, 0.15) is 5.65 Å². The first-order valence-corrected chi connectivity index (χ1v) is 8.83. The van der Waals surface area contributed by atoms with Crippen molar-refractivity contribution in [3.8, 4) is 11.4 Å². The minimum Gasteiger partial charge on any atom is -0.335 e. The monoisotopic (exact) mass is 450 g/mol. The fourth-order valence-corrected chi connectivity index (χ4v) is 3.47. The van der Waals surface area contributed by atoms with Crippen LogP contribution in [0.25, 0.3) is 17.0 Å². The Balaban J connectivity index is 1.65. The van der Waals surface area contributed by atoms with E-state index in [0.717, 1.165) is 6.20 Å². The van der Waals surface area contributed by atoms with E-state index in [0.29, 0.717) is 10.6 Å². The van der Waals surface area contributed by atoms with Crippen molar-refractivity contribution in [1.29, 1.82) is 0 Å². The highest BCUT2D eigenvalue weighted by Crippen LogP contribution is 2.32. The number of fused-ring (bicyclic) bond motifs is 1. The summed E-state index contributed by atoms with van der Waals surface area (Å²) < 4.78 is 81.4. The van der Waals surface area contributed by atoms with Crippen LogP contribution in [-0.4, -0.2) is 54.8 Å². The fourth-order valence-electron chi connectivity index (χ4n) is 3.47. The van der Waals surface area contributed by atoms with E-state index < -0.39 is 41.5 Å². The van der Waals surface area contributed by atoms with Crippen molar-refractivity contribution in [3.05, 3.63) is 34.2 Å². The number of hydrogen-bond acceptors (Lipinski definition) is 6. The summed E-state index contributed by atoms with van der Waals surface area (Å²) >= 11 is 0. The van der Waals surface area contributed by atoms with E-state index in [4.69, 9.17) is 0 Å². The number of hydrogen-bond donors (Lipinski definition) is 1. The van der Waals surface area contributed by atoms with Gasteiger partial charge in [-0.25, -0.2) is 4.52 Å². The smallest absolute Gasteiger partial charge is 0.335 e. The van der Waals surface area contributed by atoms with Gasteiger partial charge in [-0.2, -0.15) is 36.4 Å². The fraction of sp³-hybridized carbons (Fsp3) is 0.438. The van der Waals surface area contributed by atoms with E-state index in [9.17, 15) is 35.9 Å². The molecule has 0 aliphatic carbocycles. The molecule has 0 aromatic carbocycles. The molecule has 0 unspecified atom stereocenters.